The number of aromatic nitrogens is 2. The zero-order chi connectivity index (χ0) is 12.4. The van der Waals surface area contributed by atoms with Crippen LogP contribution in [-0.4, -0.2) is 55.4 Å². The first-order chi connectivity index (χ1) is 8.84. The molecule has 0 aliphatic rings. The molecule has 0 amide bonds. The van der Waals surface area contributed by atoms with Crippen LogP contribution in [0.3, 0.4) is 0 Å². The molecule has 0 spiro atoms. The molecule has 2 N–H and O–H groups in total. The van der Waals surface area contributed by atoms with Gasteiger partial charge in [-0.15, -0.1) is 11.9 Å². The predicted molar refractivity (Wildman–Crippen MR) is 79.4 cm³/mol. The smallest absolute Gasteiger partial charge is 1.00 e. The fraction of sp³-hybridized carbons (Fsp3) is 0.125. The van der Waals surface area contributed by atoms with Gasteiger partial charge >= 0.3 is 45.5 Å². The molecule has 3 aromatic rings. The van der Waals surface area contributed by atoms with Gasteiger partial charge in [0.25, 0.3) is 0 Å². The van der Waals surface area contributed by atoms with E-state index in [9.17, 15) is 0 Å². The molecule has 2 heterocycles. The van der Waals surface area contributed by atoms with Crippen LogP contribution in [0.5, 0.6) is 0 Å². The molecule has 92 valence electrons. The molecule has 0 aliphatic heterocycles. The number of benzene rings is 1. The fourth-order valence-corrected chi connectivity index (χ4v) is 2.33. The van der Waals surface area contributed by atoms with E-state index >= 15 is 0 Å². The Kier molecular flexibility index (Phi) is 5.11. The van der Waals surface area contributed by atoms with Crippen molar-refractivity contribution in [3.63, 3.8) is 0 Å². The number of aryl methyl sites for hydroxylation is 1. The Morgan fingerprint density at radius 2 is 1.79 bits per heavy atom. The minimum atomic E-state index is 0. The van der Waals surface area contributed by atoms with Crippen molar-refractivity contribution in [2.45, 2.75) is 12.8 Å². The van der Waals surface area contributed by atoms with Crippen LogP contribution < -0.4 is 0 Å². The topological polar surface area (TPSA) is 31.6 Å². The Balaban J connectivity index is 0.000001000. The van der Waals surface area contributed by atoms with Gasteiger partial charge in [-0.3, -0.25) is 0 Å². The van der Waals surface area contributed by atoms with Gasteiger partial charge in [0.05, 0.1) is 0 Å². The summed E-state index contributed by atoms with van der Waals surface area (Å²) in [5.74, 6) is 0.214. The van der Waals surface area contributed by atoms with Crippen LogP contribution in [0, 0.1) is 13.1 Å². The summed E-state index contributed by atoms with van der Waals surface area (Å²) >= 11 is 0. The summed E-state index contributed by atoms with van der Waals surface area (Å²) in [5, 5.41) is 0. The summed E-state index contributed by atoms with van der Waals surface area (Å²) in [6, 6.07) is 18.8. The van der Waals surface area contributed by atoms with Crippen LogP contribution in [-0.2, 0) is 0 Å². The molecule has 1 unspecified atom stereocenters. The minimum Gasteiger partial charge on any atom is -1.00 e. The van der Waals surface area contributed by atoms with E-state index < -0.39 is 0 Å². The number of aromatic amines is 2. The number of hydrogen-bond acceptors (Lipinski definition) is 0. The first kappa shape index (κ1) is 14.7. The second-order valence-electron chi connectivity index (χ2n) is 4.50. The molecule has 0 saturated heterocycles. The van der Waals surface area contributed by atoms with Gasteiger partial charge in [-0.2, -0.15) is 12.1 Å². The van der Waals surface area contributed by atoms with E-state index in [1.807, 2.05) is 12.1 Å². The Labute approximate surface area is 152 Å². The summed E-state index contributed by atoms with van der Waals surface area (Å²) in [6.45, 7) is 2.08. The van der Waals surface area contributed by atoms with Gasteiger partial charge in [-0.25, -0.2) is 0 Å². The standard InChI is InChI=1S/C16H15N2.Sr.H/c1-12-9-10-15(18-12)16(14-8-5-11-17-14)13-6-3-2-4-7-13;;/h2-10,16-18H,1H3;;/q-1;+2;-1. The van der Waals surface area contributed by atoms with Gasteiger partial charge in [-0.1, -0.05) is 30.3 Å². The van der Waals surface area contributed by atoms with Crippen molar-refractivity contribution in [1.29, 1.82) is 0 Å². The quantitative estimate of drug-likeness (QED) is 0.547. The third kappa shape index (κ3) is 3.23. The number of H-pyrrole nitrogens is 2. The molecular weight excluding hydrogens is 308 g/mol. The molecular formula is C16H16N2Sr. The molecule has 1 atom stereocenters. The third-order valence-electron chi connectivity index (χ3n) is 3.17. The minimum absolute atomic E-state index is 0. The van der Waals surface area contributed by atoms with Gasteiger partial charge in [-0.05, 0) is 24.6 Å². The van der Waals surface area contributed by atoms with Crippen LogP contribution in [0.25, 0.3) is 0 Å². The molecule has 0 radical (unpaired) electrons. The molecule has 3 heteroatoms. The maximum absolute atomic E-state index is 3.43. The molecule has 19 heavy (non-hydrogen) atoms. The summed E-state index contributed by atoms with van der Waals surface area (Å²) in [5.41, 5.74) is 4.81. The van der Waals surface area contributed by atoms with Gasteiger partial charge in [0.15, 0.2) is 0 Å². The van der Waals surface area contributed by atoms with Crippen LogP contribution in [0.15, 0.2) is 54.6 Å². The Morgan fingerprint density at radius 3 is 2.37 bits per heavy atom. The zero-order valence-electron chi connectivity index (χ0n) is 12.0. The summed E-state index contributed by atoms with van der Waals surface area (Å²) in [7, 11) is 0. The molecule has 1 aromatic carbocycles. The Bertz CT molecular complexity index is 617. The molecule has 0 bridgehead atoms. The second-order valence-corrected chi connectivity index (χ2v) is 4.50. The van der Waals surface area contributed by atoms with Crippen molar-refractivity contribution in [2.75, 3.05) is 0 Å². The molecule has 0 aliphatic carbocycles. The molecule has 2 nitrogen and oxygen atoms in total. The Hall–Kier alpha value is -0.739. The molecule has 3 rings (SSSR count). The van der Waals surface area contributed by atoms with Gasteiger partial charge in [0, 0.05) is 17.3 Å². The van der Waals surface area contributed by atoms with E-state index in [2.05, 4.69) is 65.6 Å². The third-order valence-corrected chi connectivity index (χ3v) is 3.17. The average Bonchev–Trinajstić information content (AvgIpc) is 3.04. The number of rotatable bonds is 3. The maximum Gasteiger partial charge on any atom is 2.00 e. The largest absolute Gasteiger partial charge is 2.00 e. The van der Waals surface area contributed by atoms with Crippen LogP contribution >= 0.6 is 0 Å². The summed E-state index contributed by atoms with van der Waals surface area (Å²) in [4.78, 5) is 6.63. The van der Waals surface area contributed by atoms with Crippen molar-refractivity contribution < 1.29 is 1.43 Å². The van der Waals surface area contributed by atoms with E-state index in [1.54, 1.807) is 0 Å². The molecule has 0 saturated carbocycles. The van der Waals surface area contributed by atoms with Gasteiger partial charge < -0.3 is 11.4 Å². The van der Waals surface area contributed by atoms with Crippen LogP contribution in [0.1, 0.15) is 30.0 Å². The fourth-order valence-electron chi connectivity index (χ4n) is 2.33. The normalized spacial score (nSPS) is 11.8. The average molecular weight is 324 g/mol. The van der Waals surface area contributed by atoms with E-state index in [0.29, 0.717) is 0 Å². The number of hydrogen-bond donors (Lipinski definition) is 2. The molecule has 0 fully saturated rings. The monoisotopic (exact) mass is 324 g/mol. The number of nitrogens with one attached hydrogen (secondary N) is 2. The molecule has 2 aromatic heterocycles. The first-order valence-electron chi connectivity index (χ1n) is 6.10. The van der Waals surface area contributed by atoms with E-state index in [1.165, 1.54) is 17.0 Å². The van der Waals surface area contributed by atoms with Gasteiger partial charge in [0.1, 0.15) is 0 Å². The van der Waals surface area contributed by atoms with Gasteiger partial charge in [0.2, 0.25) is 0 Å². The van der Waals surface area contributed by atoms with Crippen LogP contribution in [0.4, 0.5) is 0 Å². The van der Waals surface area contributed by atoms with E-state index in [0.717, 1.165) is 5.69 Å². The van der Waals surface area contributed by atoms with E-state index in [4.69, 9.17) is 0 Å². The first-order valence-corrected chi connectivity index (χ1v) is 6.10. The van der Waals surface area contributed by atoms with Crippen molar-refractivity contribution in [2.24, 2.45) is 0 Å². The van der Waals surface area contributed by atoms with Crippen molar-refractivity contribution in [1.82, 2.24) is 9.97 Å². The predicted octanol–water partition coefficient (Wildman–Crippen LogP) is 3.36. The van der Waals surface area contributed by atoms with Crippen molar-refractivity contribution >= 4 is 45.5 Å². The maximum atomic E-state index is 3.43. The summed E-state index contributed by atoms with van der Waals surface area (Å²) in [6.07, 6.45) is 3.02. The Morgan fingerprint density at radius 1 is 1.00 bits per heavy atom. The van der Waals surface area contributed by atoms with Crippen molar-refractivity contribution in [3.8, 4) is 0 Å². The zero-order valence-corrected chi connectivity index (χ0v) is 14.5. The SMILES string of the molecule is Cc1ccc(C(c2ccccc2)c2cc[c-][nH]2)[nH]1.[H-].[Sr+2]. The second kappa shape index (κ2) is 6.62. The van der Waals surface area contributed by atoms with E-state index in [-0.39, 0.29) is 52.8 Å². The van der Waals surface area contributed by atoms with Crippen molar-refractivity contribution in [3.05, 3.63) is 83.4 Å². The summed E-state index contributed by atoms with van der Waals surface area (Å²) < 4.78 is 0. The van der Waals surface area contributed by atoms with Crippen LogP contribution in [0.2, 0.25) is 0 Å².